The van der Waals surface area contributed by atoms with Gasteiger partial charge in [0.2, 0.25) is 0 Å². The van der Waals surface area contributed by atoms with Crippen molar-refractivity contribution in [1.29, 1.82) is 0 Å². The number of aryl methyl sites for hydroxylation is 1. The molecule has 0 spiro atoms. The van der Waals surface area contributed by atoms with E-state index in [1.54, 1.807) is 12.1 Å². The van der Waals surface area contributed by atoms with Gasteiger partial charge in [0.05, 0.1) is 16.9 Å². The summed E-state index contributed by atoms with van der Waals surface area (Å²) < 4.78 is 30.2. The van der Waals surface area contributed by atoms with Gasteiger partial charge in [-0.05, 0) is 57.0 Å². The average molecular weight is 483 g/mol. The van der Waals surface area contributed by atoms with Crippen LogP contribution in [0.1, 0.15) is 41.9 Å². The van der Waals surface area contributed by atoms with Gasteiger partial charge >= 0.3 is 0 Å². The summed E-state index contributed by atoms with van der Waals surface area (Å²) in [6.07, 6.45) is 0.364. The van der Waals surface area contributed by atoms with Crippen LogP contribution in [0.25, 0.3) is 11.0 Å². The molecule has 1 amide bonds. The molecular weight excluding hydrogens is 452 g/mol. The van der Waals surface area contributed by atoms with E-state index >= 15 is 0 Å². The van der Waals surface area contributed by atoms with Gasteiger partial charge in [0, 0.05) is 37.4 Å². The molecule has 0 saturated carbocycles. The standard InChI is InChI=1S/C26H30N2O5S/c1-4-27(5-2)20-9-7-19(8-10-20)16-28(21-12-13-34(31,32)17-21)26(30)25-15-23(29)22-14-18(3)6-11-24(22)33-25/h6-11,14-15,21H,4-5,12-13,16-17H2,1-3H3/t21-/m0/s1. The average Bonchev–Trinajstić information content (AvgIpc) is 3.18. The largest absolute Gasteiger partial charge is 0.451 e. The van der Waals surface area contributed by atoms with Crippen LogP contribution in [-0.2, 0) is 16.4 Å². The fourth-order valence-electron chi connectivity index (χ4n) is 4.50. The normalized spacial score (nSPS) is 17.1. The Kier molecular flexibility index (Phi) is 6.79. The highest BCUT2D eigenvalue weighted by Crippen LogP contribution is 2.24. The Hall–Kier alpha value is -3.13. The van der Waals surface area contributed by atoms with Gasteiger partial charge in [-0.3, -0.25) is 9.59 Å². The van der Waals surface area contributed by atoms with Crippen molar-refractivity contribution in [3.8, 4) is 0 Å². The molecule has 3 aromatic rings. The molecular formula is C26H30N2O5S. The van der Waals surface area contributed by atoms with Crippen molar-refractivity contribution >= 4 is 32.4 Å². The highest BCUT2D eigenvalue weighted by molar-refractivity contribution is 7.91. The maximum absolute atomic E-state index is 13.6. The molecule has 1 atom stereocenters. The highest BCUT2D eigenvalue weighted by Gasteiger charge is 2.36. The second-order valence-corrected chi connectivity index (χ2v) is 11.0. The topological polar surface area (TPSA) is 87.9 Å². The third-order valence-electron chi connectivity index (χ3n) is 6.42. The van der Waals surface area contributed by atoms with Crippen LogP contribution in [0.5, 0.6) is 0 Å². The molecule has 180 valence electrons. The minimum Gasteiger partial charge on any atom is -0.451 e. The fraction of sp³-hybridized carbons (Fsp3) is 0.385. The van der Waals surface area contributed by atoms with Gasteiger partial charge in [0.25, 0.3) is 5.91 Å². The smallest absolute Gasteiger partial charge is 0.290 e. The van der Waals surface area contributed by atoms with Crippen molar-refractivity contribution in [3.05, 3.63) is 75.6 Å². The zero-order chi connectivity index (χ0) is 24.5. The van der Waals surface area contributed by atoms with Crippen LogP contribution in [0.15, 0.2) is 57.7 Å². The van der Waals surface area contributed by atoms with Crippen LogP contribution < -0.4 is 10.3 Å². The predicted octanol–water partition coefficient (Wildman–Crippen LogP) is 3.78. The van der Waals surface area contributed by atoms with E-state index in [0.717, 1.165) is 29.9 Å². The van der Waals surface area contributed by atoms with E-state index in [9.17, 15) is 18.0 Å². The van der Waals surface area contributed by atoms with E-state index in [-0.39, 0.29) is 29.2 Å². The summed E-state index contributed by atoms with van der Waals surface area (Å²) in [7, 11) is -3.21. The number of nitrogens with zero attached hydrogens (tertiary/aromatic N) is 2. The third-order valence-corrected chi connectivity index (χ3v) is 8.17. The molecule has 0 bridgehead atoms. The van der Waals surface area contributed by atoms with Crippen molar-refractivity contribution in [1.82, 2.24) is 4.90 Å². The Balaban J connectivity index is 1.68. The van der Waals surface area contributed by atoms with Crippen LogP contribution in [0.3, 0.4) is 0 Å². The Morgan fingerprint density at radius 1 is 1.06 bits per heavy atom. The molecule has 1 aliphatic rings. The van der Waals surface area contributed by atoms with Crippen LogP contribution in [0.4, 0.5) is 5.69 Å². The van der Waals surface area contributed by atoms with E-state index < -0.39 is 21.8 Å². The van der Waals surface area contributed by atoms with E-state index in [1.807, 2.05) is 37.3 Å². The van der Waals surface area contributed by atoms with Gasteiger partial charge in [-0.2, -0.15) is 0 Å². The summed E-state index contributed by atoms with van der Waals surface area (Å²) in [5.74, 6) is -0.601. The summed E-state index contributed by atoms with van der Waals surface area (Å²) in [4.78, 5) is 30.0. The number of fused-ring (bicyclic) bond motifs is 1. The first-order valence-corrected chi connectivity index (χ1v) is 13.4. The van der Waals surface area contributed by atoms with Crippen LogP contribution in [-0.4, -0.2) is 49.9 Å². The maximum Gasteiger partial charge on any atom is 0.290 e. The molecule has 4 rings (SSSR count). The van der Waals surface area contributed by atoms with Crippen LogP contribution in [0.2, 0.25) is 0 Å². The SMILES string of the molecule is CCN(CC)c1ccc(CN(C(=O)c2cc(=O)c3cc(C)ccc3o2)[C@H]2CCS(=O)(=O)C2)cc1. The molecule has 1 aromatic heterocycles. The van der Waals surface area contributed by atoms with Crippen LogP contribution in [0, 0.1) is 6.92 Å². The number of anilines is 1. The number of hydrogen-bond donors (Lipinski definition) is 0. The van der Waals surface area contributed by atoms with Crippen molar-refractivity contribution < 1.29 is 17.6 Å². The molecule has 0 N–H and O–H groups in total. The monoisotopic (exact) mass is 482 g/mol. The first kappa shape index (κ1) is 24.0. The van der Waals surface area contributed by atoms with E-state index in [2.05, 4.69) is 18.7 Å². The molecule has 2 heterocycles. The zero-order valence-corrected chi connectivity index (χ0v) is 20.6. The molecule has 1 aliphatic heterocycles. The Bertz CT molecular complexity index is 1360. The Labute approximate surface area is 199 Å². The lowest BCUT2D eigenvalue weighted by Gasteiger charge is -2.28. The second-order valence-electron chi connectivity index (χ2n) is 8.80. The maximum atomic E-state index is 13.6. The minimum atomic E-state index is -3.21. The number of sulfone groups is 1. The Morgan fingerprint density at radius 2 is 1.76 bits per heavy atom. The fourth-order valence-corrected chi connectivity index (χ4v) is 6.23. The Morgan fingerprint density at radius 3 is 2.38 bits per heavy atom. The molecule has 1 fully saturated rings. The lowest BCUT2D eigenvalue weighted by molar-refractivity contribution is 0.0648. The molecule has 34 heavy (non-hydrogen) atoms. The van der Waals surface area contributed by atoms with Crippen molar-refractivity contribution in [2.24, 2.45) is 0 Å². The minimum absolute atomic E-state index is 0.0449. The zero-order valence-electron chi connectivity index (χ0n) is 19.8. The van der Waals surface area contributed by atoms with E-state index in [1.165, 1.54) is 11.0 Å². The number of rotatable bonds is 7. The van der Waals surface area contributed by atoms with Crippen molar-refractivity contribution in [2.45, 2.75) is 39.8 Å². The van der Waals surface area contributed by atoms with Crippen molar-refractivity contribution in [3.63, 3.8) is 0 Å². The molecule has 1 saturated heterocycles. The number of hydrogen-bond acceptors (Lipinski definition) is 6. The quantitative estimate of drug-likeness (QED) is 0.509. The molecule has 0 radical (unpaired) electrons. The summed E-state index contributed by atoms with van der Waals surface area (Å²) in [5, 5.41) is 0.415. The summed E-state index contributed by atoms with van der Waals surface area (Å²) in [6.45, 7) is 8.08. The molecule has 0 aliphatic carbocycles. The molecule has 0 unspecified atom stereocenters. The molecule has 8 heteroatoms. The lowest BCUT2D eigenvalue weighted by Crippen LogP contribution is -2.41. The second kappa shape index (κ2) is 9.62. The molecule has 2 aromatic carbocycles. The summed E-state index contributed by atoms with van der Waals surface area (Å²) >= 11 is 0. The van der Waals surface area contributed by atoms with Gasteiger partial charge < -0.3 is 14.2 Å². The van der Waals surface area contributed by atoms with Gasteiger partial charge in [0.1, 0.15) is 5.58 Å². The summed E-state index contributed by atoms with van der Waals surface area (Å²) in [6, 6.07) is 13.9. The van der Waals surface area contributed by atoms with Crippen LogP contribution >= 0.6 is 0 Å². The first-order valence-electron chi connectivity index (χ1n) is 11.6. The van der Waals surface area contributed by atoms with Gasteiger partial charge in [-0.15, -0.1) is 0 Å². The number of benzene rings is 2. The number of amides is 1. The highest BCUT2D eigenvalue weighted by atomic mass is 32.2. The molecule has 7 nitrogen and oxygen atoms in total. The third kappa shape index (κ3) is 5.01. The van der Waals surface area contributed by atoms with E-state index in [4.69, 9.17) is 4.42 Å². The summed E-state index contributed by atoms with van der Waals surface area (Å²) in [5.41, 5.74) is 2.93. The van der Waals surface area contributed by atoms with Gasteiger partial charge in [-0.1, -0.05) is 23.8 Å². The number of carbonyl (C=O) groups excluding carboxylic acids is 1. The van der Waals surface area contributed by atoms with E-state index in [0.29, 0.717) is 17.4 Å². The number of carbonyl (C=O) groups is 1. The van der Waals surface area contributed by atoms with Crippen molar-refractivity contribution in [2.75, 3.05) is 29.5 Å². The lowest BCUT2D eigenvalue weighted by atomic mass is 10.1. The van der Waals surface area contributed by atoms with Gasteiger partial charge in [0.15, 0.2) is 21.0 Å². The predicted molar refractivity (Wildman–Crippen MR) is 134 cm³/mol. The van der Waals surface area contributed by atoms with Gasteiger partial charge in [-0.25, -0.2) is 8.42 Å². The first-order chi connectivity index (χ1) is 16.2.